The smallest absolute Gasteiger partial charge is 0.264 e. The van der Waals surface area contributed by atoms with E-state index in [1.54, 1.807) is 48.5 Å². The van der Waals surface area contributed by atoms with Gasteiger partial charge in [0.1, 0.15) is 12.6 Å². The number of carbonyl (C=O) groups excluding carboxylic acids is 2. The Kier molecular flexibility index (Phi) is 11.3. The highest BCUT2D eigenvalue weighted by Crippen LogP contribution is 2.35. The zero-order valence-electron chi connectivity index (χ0n) is 24.2. The van der Waals surface area contributed by atoms with Crippen molar-refractivity contribution in [3.05, 3.63) is 129 Å². The van der Waals surface area contributed by atoms with Crippen LogP contribution in [0.25, 0.3) is 0 Å². The van der Waals surface area contributed by atoms with E-state index in [2.05, 4.69) is 5.32 Å². The number of rotatable bonds is 12. The van der Waals surface area contributed by atoms with Crippen molar-refractivity contribution in [1.29, 1.82) is 0 Å². The normalized spacial score (nSPS) is 12.0. The molecule has 1 N–H and O–H groups in total. The average Bonchev–Trinajstić information content (AvgIpc) is 2.99. The first-order chi connectivity index (χ1) is 21.0. The zero-order chi connectivity index (χ0) is 31.9. The molecule has 2 amide bonds. The summed E-state index contributed by atoms with van der Waals surface area (Å²) in [5, 5.41) is 3.48. The lowest BCUT2D eigenvalue weighted by atomic mass is 10.0. The molecule has 1 unspecified atom stereocenters. The van der Waals surface area contributed by atoms with Crippen LogP contribution < -0.4 is 9.62 Å². The van der Waals surface area contributed by atoms with Gasteiger partial charge in [-0.1, -0.05) is 102 Å². The summed E-state index contributed by atoms with van der Waals surface area (Å²) in [5.74, 6) is -1.00. The Labute approximate surface area is 273 Å². The fraction of sp³-hybridized carbons (Fsp3) is 0.212. The monoisotopic (exact) mass is 671 g/mol. The zero-order valence-corrected chi connectivity index (χ0v) is 27.2. The quantitative estimate of drug-likeness (QED) is 0.176. The number of hydrogen-bond donors (Lipinski definition) is 1. The summed E-state index contributed by atoms with van der Waals surface area (Å²) >= 11 is 19.1. The first kappa shape index (κ1) is 33.3. The third kappa shape index (κ3) is 8.33. The second kappa shape index (κ2) is 14.9. The van der Waals surface area contributed by atoms with E-state index in [9.17, 15) is 18.0 Å². The number of hydrogen-bond acceptors (Lipinski definition) is 4. The Morgan fingerprint density at radius 2 is 1.41 bits per heavy atom. The summed E-state index contributed by atoms with van der Waals surface area (Å²) in [6.07, 6.45) is 0.190. The number of anilines is 1. The Hall–Kier alpha value is -3.56. The topological polar surface area (TPSA) is 86.8 Å². The Balaban J connectivity index is 1.83. The molecule has 0 radical (unpaired) electrons. The minimum Gasteiger partial charge on any atom is -0.352 e. The maximum absolute atomic E-state index is 14.4. The predicted molar refractivity (Wildman–Crippen MR) is 177 cm³/mol. The molecule has 4 aromatic rings. The summed E-state index contributed by atoms with van der Waals surface area (Å²) in [7, 11) is -4.30. The molecule has 1 atom stereocenters. The molecule has 0 aliphatic carbocycles. The van der Waals surface area contributed by atoms with Gasteiger partial charge in [0.05, 0.1) is 20.6 Å². The third-order valence-electron chi connectivity index (χ3n) is 6.75. The molecule has 0 saturated heterocycles. The molecule has 11 heteroatoms. The summed E-state index contributed by atoms with van der Waals surface area (Å²) < 4.78 is 29.0. The fourth-order valence-corrected chi connectivity index (χ4v) is 6.79. The summed E-state index contributed by atoms with van der Waals surface area (Å²) in [6.45, 7) is 2.99. The van der Waals surface area contributed by atoms with Crippen molar-refractivity contribution in [2.24, 2.45) is 0 Å². The molecule has 230 valence electrons. The van der Waals surface area contributed by atoms with E-state index in [4.69, 9.17) is 34.8 Å². The van der Waals surface area contributed by atoms with E-state index in [0.29, 0.717) is 10.6 Å². The van der Waals surface area contributed by atoms with Gasteiger partial charge < -0.3 is 10.2 Å². The van der Waals surface area contributed by atoms with Gasteiger partial charge in [-0.15, -0.1) is 0 Å². The van der Waals surface area contributed by atoms with Crippen molar-refractivity contribution in [2.75, 3.05) is 10.8 Å². The van der Waals surface area contributed by atoms with Gasteiger partial charge in [-0.3, -0.25) is 13.9 Å². The van der Waals surface area contributed by atoms with Crippen molar-refractivity contribution >= 4 is 62.3 Å². The van der Waals surface area contributed by atoms with Crippen LogP contribution in [0.15, 0.2) is 108 Å². The third-order valence-corrected chi connectivity index (χ3v) is 9.57. The lowest BCUT2D eigenvalue weighted by Crippen LogP contribution is -2.54. The van der Waals surface area contributed by atoms with E-state index < -0.39 is 28.5 Å². The van der Waals surface area contributed by atoms with Crippen molar-refractivity contribution in [1.82, 2.24) is 10.2 Å². The van der Waals surface area contributed by atoms with Gasteiger partial charge >= 0.3 is 0 Å². The first-order valence-electron chi connectivity index (χ1n) is 13.9. The maximum atomic E-state index is 14.4. The highest BCUT2D eigenvalue weighted by molar-refractivity contribution is 7.92. The summed E-state index contributed by atoms with van der Waals surface area (Å²) in [4.78, 5) is 29.5. The van der Waals surface area contributed by atoms with Gasteiger partial charge in [-0.25, -0.2) is 8.42 Å². The fourth-order valence-electron chi connectivity index (χ4n) is 4.68. The Morgan fingerprint density at radius 1 is 0.795 bits per heavy atom. The number of sulfonamides is 1. The maximum Gasteiger partial charge on any atom is 0.264 e. The lowest BCUT2D eigenvalue weighted by Gasteiger charge is -2.34. The van der Waals surface area contributed by atoms with Crippen molar-refractivity contribution in [3.63, 3.8) is 0 Å². The molecule has 0 bridgehead atoms. The minimum absolute atomic E-state index is 0.00902. The van der Waals surface area contributed by atoms with Gasteiger partial charge in [0.2, 0.25) is 11.8 Å². The minimum atomic E-state index is -4.30. The van der Waals surface area contributed by atoms with Crippen LogP contribution in [0.2, 0.25) is 15.1 Å². The van der Waals surface area contributed by atoms with Crippen LogP contribution in [0.3, 0.4) is 0 Å². The largest absolute Gasteiger partial charge is 0.352 e. The number of halogens is 3. The standard InChI is InChI=1S/C33H32Cl3N3O4S/c1-23(2)37-33(41)30(20-24-11-5-3-6-12-24)38(21-25-13-9-14-26(34)19-25)31(40)22-39(29-18-10-17-28(35)32(29)36)44(42,43)27-15-7-4-8-16-27/h3-19,23,30H,20-22H2,1-2H3,(H,37,41). The number of carbonyl (C=O) groups is 2. The first-order valence-corrected chi connectivity index (χ1v) is 16.4. The van der Waals surface area contributed by atoms with Crippen LogP contribution in [-0.2, 0) is 32.6 Å². The molecular weight excluding hydrogens is 641 g/mol. The lowest BCUT2D eigenvalue weighted by molar-refractivity contribution is -0.140. The number of amides is 2. The molecule has 4 aromatic carbocycles. The molecule has 0 fully saturated rings. The SMILES string of the molecule is CC(C)NC(=O)C(Cc1ccccc1)N(Cc1cccc(Cl)c1)C(=O)CN(c1cccc(Cl)c1Cl)S(=O)(=O)c1ccccc1. The second-order valence-electron chi connectivity index (χ2n) is 10.4. The summed E-state index contributed by atoms with van der Waals surface area (Å²) in [6, 6.07) is 27.4. The Bertz CT molecular complexity index is 1700. The van der Waals surface area contributed by atoms with Gasteiger partial charge in [0, 0.05) is 24.0 Å². The molecule has 4 rings (SSSR count). The molecule has 0 aliphatic heterocycles. The van der Waals surface area contributed by atoms with Crippen molar-refractivity contribution in [2.45, 2.75) is 43.8 Å². The van der Waals surface area contributed by atoms with Crippen LogP contribution in [0.5, 0.6) is 0 Å². The molecule has 0 aliphatic rings. The molecule has 0 heterocycles. The van der Waals surface area contributed by atoms with Gasteiger partial charge in [-0.05, 0) is 61.4 Å². The number of nitrogens with zero attached hydrogens (tertiary/aromatic N) is 2. The van der Waals surface area contributed by atoms with Crippen LogP contribution in [-0.4, -0.2) is 43.8 Å². The Morgan fingerprint density at radius 3 is 2.05 bits per heavy atom. The molecule has 0 spiro atoms. The van der Waals surface area contributed by atoms with Gasteiger partial charge in [0.15, 0.2) is 0 Å². The molecule has 7 nitrogen and oxygen atoms in total. The highest BCUT2D eigenvalue weighted by Gasteiger charge is 2.35. The molecule has 0 saturated carbocycles. The van der Waals surface area contributed by atoms with Crippen molar-refractivity contribution in [3.8, 4) is 0 Å². The van der Waals surface area contributed by atoms with Gasteiger partial charge in [-0.2, -0.15) is 0 Å². The van der Waals surface area contributed by atoms with Crippen LogP contribution in [0.4, 0.5) is 5.69 Å². The summed E-state index contributed by atoms with van der Waals surface area (Å²) in [5.41, 5.74) is 1.52. The second-order valence-corrected chi connectivity index (χ2v) is 13.5. The average molecular weight is 673 g/mol. The predicted octanol–water partition coefficient (Wildman–Crippen LogP) is 7.01. The molecular formula is C33H32Cl3N3O4S. The highest BCUT2D eigenvalue weighted by atomic mass is 35.5. The van der Waals surface area contributed by atoms with E-state index >= 15 is 0 Å². The van der Waals surface area contributed by atoms with Crippen LogP contribution >= 0.6 is 34.8 Å². The van der Waals surface area contributed by atoms with E-state index in [0.717, 1.165) is 9.87 Å². The number of nitrogens with one attached hydrogen (secondary N) is 1. The van der Waals surface area contributed by atoms with Crippen molar-refractivity contribution < 1.29 is 18.0 Å². The van der Waals surface area contributed by atoms with E-state index in [1.165, 1.54) is 29.2 Å². The van der Waals surface area contributed by atoms with Crippen LogP contribution in [0.1, 0.15) is 25.0 Å². The number of benzene rings is 4. The van der Waals surface area contributed by atoms with E-state index in [-0.39, 0.29) is 45.5 Å². The molecule has 0 aromatic heterocycles. The van der Waals surface area contributed by atoms with Crippen LogP contribution in [0, 0.1) is 0 Å². The van der Waals surface area contributed by atoms with E-state index in [1.807, 2.05) is 44.2 Å². The van der Waals surface area contributed by atoms with Gasteiger partial charge in [0.25, 0.3) is 10.0 Å². The molecule has 44 heavy (non-hydrogen) atoms.